The number of hydrogen-bond acceptors (Lipinski definition) is 3. The Labute approximate surface area is 151 Å². The second kappa shape index (κ2) is 9.02. The van der Waals surface area contributed by atoms with Crippen molar-refractivity contribution in [3.05, 3.63) is 29.3 Å². The van der Waals surface area contributed by atoms with Gasteiger partial charge in [-0.2, -0.15) is 0 Å². The number of aryl methyl sites for hydroxylation is 2. The van der Waals surface area contributed by atoms with Gasteiger partial charge in [-0.05, 0) is 50.7 Å². The van der Waals surface area contributed by atoms with Crippen LogP contribution in [0, 0.1) is 25.7 Å². The van der Waals surface area contributed by atoms with Gasteiger partial charge >= 0.3 is 5.97 Å². The van der Waals surface area contributed by atoms with Gasteiger partial charge in [-0.1, -0.05) is 44.9 Å². The smallest absolute Gasteiger partial charge is 0.309 e. The van der Waals surface area contributed by atoms with Crippen LogP contribution in [0.3, 0.4) is 0 Å². The number of esters is 1. The van der Waals surface area contributed by atoms with Gasteiger partial charge in [-0.3, -0.25) is 9.59 Å². The van der Waals surface area contributed by atoms with E-state index in [1.807, 2.05) is 32.0 Å². The fourth-order valence-electron chi connectivity index (χ4n) is 3.15. The summed E-state index contributed by atoms with van der Waals surface area (Å²) in [4.78, 5) is 25.2. The monoisotopic (exact) mass is 345 g/mol. The van der Waals surface area contributed by atoms with Gasteiger partial charge < -0.3 is 10.1 Å². The molecule has 1 aliphatic carbocycles. The predicted octanol–water partition coefficient (Wildman–Crippen LogP) is 4.78. The molecule has 1 N–H and O–H groups in total. The molecule has 4 heteroatoms. The van der Waals surface area contributed by atoms with Crippen molar-refractivity contribution in [3.8, 4) is 0 Å². The van der Waals surface area contributed by atoms with Gasteiger partial charge in [0.05, 0.1) is 5.92 Å². The molecule has 0 aromatic heterocycles. The molecule has 2 atom stereocenters. The van der Waals surface area contributed by atoms with E-state index >= 15 is 0 Å². The van der Waals surface area contributed by atoms with Gasteiger partial charge in [-0.25, -0.2) is 0 Å². The summed E-state index contributed by atoms with van der Waals surface area (Å²) in [5, 5.41) is 3.02. The standard InChI is InChI=1S/C21H31NO3/c1-5-7-11-16(6-2)19(25-21(24)17-12-13-17)20(23)22-18-14(3)9-8-10-15(18)4/h8-10,16-17,19H,5-7,11-13H2,1-4H3,(H,22,23). The van der Waals surface area contributed by atoms with E-state index < -0.39 is 6.10 Å². The summed E-state index contributed by atoms with van der Waals surface area (Å²) in [5.74, 6) is -0.350. The van der Waals surface area contributed by atoms with Gasteiger partial charge in [0, 0.05) is 11.6 Å². The third-order valence-electron chi connectivity index (χ3n) is 5.02. The van der Waals surface area contributed by atoms with Crippen molar-refractivity contribution in [2.75, 3.05) is 5.32 Å². The Morgan fingerprint density at radius 1 is 1.20 bits per heavy atom. The van der Waals surface area contributed by atoms with E-state index in [0.29, 0.717) is 0 Å². The first-order chi connectivity index (χ1) is 12.0. The molecular formula is C21H31NO3. The largest absolute Gasteiger partial charge is 0.452 e. The second-order valence-electron chi connectivity index (χ2n) is 7.20. The van der Waals surface area contributed by atoms with Crippen LogP contribution in [0.15, 0.2) is 18.2 Å². The minimum atomic E-state index is -0.705. The molecule has 138 valence electrons. The van der Waals surface area contributed by atoms with Gasteiger partial charge in [0.1, 0.15) is 0 Å². The summed E-state index contributed by atoms with van der Waals surface area (Å²) < 4.78 is 5.69. The summed E-state index contributed by atoms with van der Waals surface area (Å²) in [6.45, 7) is 8.14. The summed E-state index contributed by atoms with van der Waals surface area (Å²) in [7, 11) is 0. The number of ether oxygens (including phenoxy) is 1. The van der Waals surface area contributed by atoms with Crippen molar-refractivity contribution in [2.24, 2.45) is 11.8 Å². The first-order valence-electron chi connectivity index (χ1n) is 9.55. The van der Waals surface area contributed by atoms with E-state index in [9.17, 15) is 9.59 Å². The maximum atomic E-state index is 13.0. The quantitative estimate of drug-likeness (QED) is 0.655. The fraction of sp³-hybridized carbons (Fsp3) is 0.619. The molecule has 1 aromatic carbocycles. The number of para-hydroxylation sites is 1. The minimum absolute atomic E-state index is 0.000760. The summed E-state index contributed by atoms with van der Waals surface area (Å²) >= 11 is 0. The molecule has 0 bridgehead atoms. The molecule has 2 unspecified atom stereocenters. The van der Waals surface area contributed by atoms with Crippen LogP contribution in [0.25, 0.3) is 0 Å². The van der Waals surface area contributed by atoms with E-state index in [1.165, 1.54) is 0 Å². The van der Waals surface area contributed by atoms with Crippen molar-refractivity contribution >= 4 is 17.6 Å². The highest BCUT2D eigenvalue weighted by Gasteiger charge is 2.37. The Balaban J connectivity index is 2.16. The van der Waals surface area contributed by atoms with E-state index in [1.54, 1.807) is 0 Å². The van der Waals surface area contributed by atoms with E-state index in [4.69, 9.17) is 4.74 Å². The Kier molecular flexibility index (Phi) is 7.03. The summed E-state index contributed by atoms with van der Waals surface area (Å²) in [6, 6.07) is 5.92. The molecule has 1 saturated carbocycles. The fourth-order valence-corrected chi connectivity index (χ4v) is 3.15. The Hall–Kier alpha value is -1.84. The average molecular weight is 345 g/mol. The average Bonchev–Trinajstić information content (AvgIpc) is 3.42. The molecule has 1 fully saturated rings. The highest BCUT2D eigenvalue weighted by atomic mass is 16.5. The van der Waals surface area contributed by atoms with Crippen molar-refractivity contribution in [1.82, 2.24) is 0 Å². The molecule has 1 aromatic rings. The molecule has 0 aliphatic heterocycles. The van der Waals surface area contributed by atoms with Crippen LogP contribution in [0.4, 0.5) is 5.69 Å². The molecule has 1 aliphatic rings. The lowest BCUT2D eigenvalue weighted by Gasteiger charge is -2.26. The van der Waals surface area contributed by atoms with Crippen LogP contribution < -0.4 is 5.32 Å². The molecular weight excluding hydrogens is 314 g/mol. The number of anilines is 1. The van der Waals surface area contributed by atoms with Crippen LogP contribution >= 0.6 is 0 Å². The van der Waals surface area contributed by atoms with Gasteiger partial charge in [0.2, 0.25) is 0 Å². The van der Waals surface area contributed by atoms with Crippen LogP contribution in [0.1, 0.15) is 63.5 Å². The number of hydrogen-bond donors (Lipinski definition) is 1. The molecule has 0 saturated heterocycles. The SMILES string of the molecule is CCCCC(CC)C(OC(=O)C1CC1)C(=O)Nc1c(C)cccc1C. The normalized spacial score (nSPS) is 16.2. The molecule has 1 amide bonds. The number of nitrogens with one attached hydrogen (secondary N) is 1. The zero-order valence-electron chi connectivity index (χ0n) is 15.9. The summed E-state index contributed by atoms with van der Waals surface area (Å²) in [6.07, 6.45) is 4.89. The van der Waals surface area contributed by atoms with Crippen molar-refractivity contribution in [3.63, 3.8) is 0 Å². The molecule has 25 heavy (non-hydrogen) atoms. The van der Waals surface area contributed by atoms with Crippen LogP contribution in [-0.2, 0) is 14.3 Å². The number of carbonyl (C=O) groups is 2. The van der Waals surface area contributed by atoms with Crippen LogP contribution in [-0.4, -0.2) is 18.0 Å². The first kappa shape index (κ1) is 19.5. The van der Waals surface area contributed by atoms with E-state index in [0.717, 1.165) is 55.3 Å². The Morgan fingerprint density at radius 3 is 2.36 bits per heavy atom. The van der Waals surface area contributed by atoms with Crippen molar-refractivity contribution < 1.29 is 14.3 Å². The number of benzene rings is 1. The topological polar surface area (TPSA) is 55.4 Å². The highest BCUT2D eigenvalue weighted by molar-refractivity contribution is 5.97. The molecule has 0 spiro atoms. The lowest BCUT2D eigenvalue weighted by molar-refractivity contribution is -0.159. The number of carbonyl (C=O) groups excluding carboxylic acids is 2. The second-order valence-corrected chi connectivity index (χ2v) is 7.20. The van der Waals surface area contributed by atoms with Gasteiger partial charge in [-0.15, -0.1) is 0 Å². The van der Waals surface area contributed by atoms with Crippen LogP contribution in [0.5, 0.6) is 0 Å². The molecule has 4 nitrogen and oxygen atoms in total. The Morgan fingerprint density at radius 2 is 1.84 bits per heavy atom. The third-order valence-corrected chi connectivity index (χ3v) is 5.02. The van der Waals surface area contributed by atoms with Gasteiger partial charge in [0.15, 0.2) is 6.10 Å². The first-order valence-corrected chi connectivity index (χ1v) is 9.55. The molecule has 0 heterocycles. The minimum Gasteiger partial charge on any atom is -0.452 e. The lowest BCUT2D eigenvalue weighted by atomic mass is 9.92. The summed E-state index contributed by atoms with van der Waals surface area (Å²) in [5.41, 5.74) is 2.86. The number of unbranched alkanes of at least 4 members (excludes halogenated alkanes) is 1. The maximum Gasteiger partial charge on any atom is 0.309 e. The van der Waals surface area contributed by atoms with Gasteiger partial charge in [0.25, 0.3) is 5.91 Å². The maximum absolute atomic E-state index is 13.0. The Bertz CT molecular complexity index is 587. The third kappa shape index (κ3) is 5.32. The van der Waals surface area contributed by atoms with E-state index in [2.05, 4.69) is 19.2 Å². The van der Waals surface area contributed by atoms with Crippen LogP contribution in [0.2, 0.25) is 0 Å². The van der Waals surface area contributed by atoms with Crippen molar-refractivity contribution in [1.29, 1.82) is 0 Å². The molecule has 2 rings (SSSR count). The number of rotatable bonds is 9. The van der Waals surface area contributed by atoms with E-state index in [-0.39, 0.29) is 23.7 Å². The zero-order valence-corrected chi connectivity index (χ0v) is 15.9. The molecule has 0 radical (unpaired) electrons. The highest BCUT2D eigenvalue weighted by Crippen LogP contribution is 2.32. The lowest BCUT2D eigenvalue weighted by Crippen LogP contribution is -2.39. The predicted molar refractivity (Wildman–Crippen MR) is 100 cm³/mol. The number of amides is 1. The van der Waals surface area contributed by atoms with Crippen molar-refractivity contribution in [2.45, 2.75) is 72.3 Å². The zero-order chi connectivity index (χ0) is 18.4.